The van der Waals surface area contributed by atoms with Crippen molar-refractivity contribution >= 4 is 33.2 Å². The second-order valence-corrected chi connectivity index (χ2v) is 7.10. The van der Waals surface area contributed by atoms with Crippen molar-refractivity contribution in [1.82, 2.24) is 10.2 Å². The largest absolute Gasteiger partial charge is 0.472 e. The number of nitrogens with zero attached hydrogens (tertiary/aromatic N) is 1. The molecule has 0 spiro atoms. The van der Waals surface area contributed by atoms with Crippen LogP contribution >= 0.6 is 27.3 Å². The van der Waals surface area contributed by atoms with Crippen molar-refractivity contribution in [3.63, 3.8) is 0 Å². The molecule has 1 aliphatic rings. The minimum Gasteiger partial charge on any atom is -0.472 e. The van der Waals surface area contributed by atoms with Gasteiger partial charge < -0.3 is 14.6 Å². The van der Waals surface area contributed by atoms with E-state index in [1.54, 1.807) is 23.7 Å². The highest BCUT2D eigenvalue weighted by atomic mass is 79.9. The van der Waals surface area contributed by atoms with Crippen LogP contribution in [0.15, 0.2) is 38.9 Å². The molecule has 112 valence electrons. The fraction of sp³-hybridized carbons (Fsp3) is 0.400. The minimum atomic E-state index is 0.0735. The average molecular weight is 369 g/mol. The second kappa shape index (κ2) is 6.77. The quantitative estimate of drug-likeness (QED) is 0.897. The maximum Gasteiger partial charge on any atom is 0.257 e. The van der Waals surface area contributed by atoms with E-state index in [4.69, 9.17) is 4.42 Å². The lowest BCUT2D eigenvalue weighted by atomic mass is 10.0. The number of hydrogen-bond donors (Lipinski definition) is 1. The molecule has 2 aromatic heterocycles. The van der Waals surface area contributed by atoms with Gasteiger partial charge in [-0.3, -0.25) is 4.79 Å². The van der Waals surface area contributed by atoms with Gasteiger partial charge in [0.2, 0.25) is 0 Å². The number of amides is 1. The molecule has 0 saturated carbocycles. The Morgan fingerprint density at radius 1 is 1.48 bits per heavy atom. The van der Waals surface area contributed by atoms with Gasteiger partial charge in [0.05, 0.1) is 11.8 Å². The third kappa shape index (κ3) is 3.75. The number of rotatable bonds is 4. The van der Waals surface area contributed by atoms with E-state index in [2.05, 4.69) is 32.7 Å². The molecule has 3 rings (SSSR count). The molecule has 6 heteroatoms. The van der Waals surface area contributed by atoms with Gasteiger partial charge in [-0.25, -0.2) is 0 Å². The number of thiophene rings is 1. The molecule has 4 nitrogen and oxygen atoms in total. The first kappa shape index (κ1) is 14.8. The van der Waals surface area contributed by atoms with Crippen LogP contribution in [0.1, 0.15) is 28.1 Å². The van der Waals surface area contributed by atoms with E-state index in [-0.39, 0.29) is 5.91 Å². The van der Waals surface area contributed by atoms with Gasteiger partial charge in [0, 0.05) is 40.4 Å². The Morgan fingerprint density at radius 2 is 2.29 bits per heavy atom. The van der Waals surface area contributed by atoms with Crippen molar-refractivity contribution in [2.45, 2.75) is 25.4 Å². The standard InChI is InChI=1S/C15H17BrN2O2S/c16-12-7-14(21-10-12)8-17-13-1-4-18(5-2-13)15(19)11-3-6-20-9-11/h3,6-7,9-10,13,17H,1-2,4-5,8H2. The molecule has 21 heavy (non-hydrogen) atoms. The fourth-order valence-electron chi connectivity index (χ4n) is 2.55. The summed E-state index contributed by atoms with van der Waals surface area (Å²) in [7, 11) is 0. The molecule has 0 aliphatic carbocycles. The SMILES string of the molecule is O=C(c1ccoc1)N1CCC(NCc2cc(Br)cs2)CC1. The molecule has 1 fully saturated rings. The summed E-state index contributed by atoms with van der Waals surface area (Å²) in [6, 6.07) is 4.36. The van der Waals surface area contributed by atoms with E-state index in [9.17, 15) is 4.79 Å². The number of nitrogens with one attached hydrogen (secondary N) is 1. The summed E-state index contributed by atoms with van der Waals surface area (Å²) >= 11 is 5.23. The molecular weight excluding hydrogens is 352 g/mol. The zero-order valence-corrected chi connectivity index (χ0v) is 14.0. The Hall–Kier alpha value is -1.11. The molecule has 0 bridgehead atoms. The first-order chi connectivity index (χ1) is 10.2. The van der Waals surface area contributed by atoms with Crippen LogP contribution in [0.25, 0.3) is 0 Å². The van der Waals surface area contributed by atoms with Crippen molar-refractivity contribution in [2.24, 2.45) is 0 Å². The van der Waals surface area contributed by atoms with Gasteiger partial charge in [0.15, 0.2) is 0 Å². The van der Waals surface area contributed by atoms with Crippen LogP contribution in [-0.4, -0.2) is 29.9 Å². The van der Waals surface area contributed by atoms with Gasteiger partial charge in [-0.2, -0.15) is 0 Å². The highest BCUT2D eigenvalue weighted by molar-refractivity contribution is 9.10. The van der Waals surface area contributed by atoms with Crippen LogP contribution in [0.5, 0.6) is 0 Å². The van der Waals surface area contributed by atoms with Gasteiger partial charge in [0.25, 0.3) is 5.91 Å². The topological polar surface area (TPSA) is 45.5 Å². The van der Waals surface area contributed by atoms with Crippen LogP contribution in [0.2, 0.25) is 0 Å². The monoisotopic (exact) mass is 368 g/mol. The summed E-state index contributed by atoms with van der Waals surface area (Å²) < 4.78 is 6.12. The summed E-state index contributed by atoms with van der Waals surface area (Å²) in [6.07, 6.45) is 5.05. The predicted molar refractivity (Wildman–Crippen MR) is 86.5 cm³/mol. The van der Waals surface area contributed by atoms with E-state index < -0.39 is 0 Å². The molecule has 0 atom stereocenters. The fourth-order valence-corrected chi connectivity index (χ4v) is 3.95. The molecular formula is C15H17BrN2O2S. The Balaban J connectivity index is 1.45. The summed E-state index contributed by atoms with van der Waals surface area (Å²) in [5.74, 6) is 0.0735. The third-order valence-electron chi connectivity index (χ3n) is 3.74. The van der Waals surface area contributed by atoms with Crippen molar-refractivity contribution < 1.29 is 9.21 Å². The lowest BCUT2D eigenvalue weighted by Gasteiger charge is -2.32. The van der Waals surface area contributed by atoms with Crippen LogP contribution in [0, 0.1) is 0 Å². The van der Waals surface area contributed by atoms with E-state index in [0.29, 0.717) is 11.6 Å². The van der Waals surface area contributed by atoms with E-state index >= 15 is 0 Å². The smallest absolute Gasteiger partial charge is 0.257 e. The maximum absolute atomic E-state index is 12.2. The molecule has 1 aliphatic heterocycles. The zero-order valence-electron chi connectivity index (χ0n) is 11.5. The zero-order chi connectivity index (χ0) is 14.7. The highest BCUT2D eigenvalue weighted by Gasteiger charge is 2.23. The summed E-state index contributed by atoms with van der Waals surface area (Å²) in [5, 5.41) is 5.68. The van der Waals surface area contributed by atoms with Gasteiger partial charge in [-0.15, -0.1) is 11.3 Å². The highest BCUT2D eigenvalue weighted by Crippen LogP contribution is 2.20. The number of furan rings is 1. The summed E-state index contributed by atoms with van der Waals surface area (Å²) in [5.41, 5.74) is 0.643. The third-order valence-corrected chi connectivity index (χ3v) is 5.43. The second-order valence-electron chi connectivity index (χ2n) is 5.19. The van der Waals surface area contributed by atoms with Gasteiger partial charge >= 0.3 is 0 Å². The van der Waals surface area contributed by atoms with Crippen molar-refractivity contribution in [3.05, 3.63) is 45.0 Å². The van der Waals surface area contributed by atoms with Gasteiger partial charge in [0.1, 0.15) is 6.26 Å². The molecule has 1 N–H and O–H groups in total. The molecule has 3 heterocycles. The molecule has 2 aromatic rings. The van der Waals surface area contributed by atoms with Gasteiger partial charge in [-0.1, -0.05) is 0 Å². The van der Waals surface area contributed by atoms with Crippen LogP contribution < -0.4 is 5.32 Å². The number of halogens is 1. The molecule has 0 radical (unpaired) electrons. The van der Waals surface area contributed by atoms with E-state index in [0.717, 1.165) is 36.9 Å². The molecule has 1 amide bonds. The molecule has 0 aromatic carbocycles. The van der Waals surface area contributed by atoms with Crippen LogP contribution in [-0.2, 0) is 6.54 Å². The maximum atomic E-state index is 12.2. The molecule has 0 unspecified atom stereocenters. The summed E-state index contributed by atoms with van der Waals surface area (Å²) in [6.45, 7) is 2.50. The van der Waals surface area contributed by atoms with E-state index in [1.807, 2.05) is 4.90 Å². The van der Waals surface area contributed by atoms with Crippen molar-refractivity contribution in [3.8, 4) is 0 Å². The Labute approximate surface area is 136 Å². The molecule has 1 saturated heterocycles. The Bertz CT molecular complexity index is 589. The van der Waals surface area contributed by atoms with Crippen LogP contribution in [0.3, 0.4) is 0 Å². The first-order valence-electron chi connectivity index (χ1n) is 7.00. The van der Waals surface area contributed by atoms with Gasteiger partial charge in [-0.05, 0) is 40.9 Å². The minimum absolute atomic E-state index is 0.0735. The summed E-state index contributed by atoms with van der Waals surface area (Å²) in [4.78, 5) is 15.4. The lowest BCUT2D eigenvalue weighted by molar-refractivity contribution is 0.0704. The van der Waals surface area contributed by atoms with Crippen molar-refractivity contribution in [1.29, 1.82) is 0 Å². The Kier molecular flexibility index (Phi) is 4.77. The van der Waals surface area contributed by atoms with Crippen molar-refractivity contribution in [2.75, 3.05) is 13.1 Å². The number of likely N-dealkylation sites (tertiary alicyclic amines) is 1. The number of carbonyl (C=O) groups excluding carboxylic acids is 1. The van der Waals surface area contributed by atoms with E-state index in [1.165, 1.54) is 11.1 Å². The Morgan fingerprint density at radius 3 is 2.90 bits per heavy atom. The number of hydrogen-bond acceptors (Lipinski definition) is 4. The normalized spacial score (nSPS) is 16.3. The first-order valence-corrected chi connectivity index (χ1v) is 8.67. The predicted octanol–water partition coefficient (Wildman–Crippen LogP) is 3.50. The number of piperidine rings is 1. The average Bonchev–Trinajstić information content (AvgIpc) is 3.16. The number of carbonyl (C=O) groups is 1. The van der Waals surface area contributed by atoms with Crippen LogP contribution in [0.4, 0.5) is 0 Å². The lowest BCUT2D eigenvalue weighted by Crippen LogP contribution is -2.44.